The largest absolute Gasteiger partial charge is 0.496 e. The minimum atomic E-state index is -0.502. The first-order chi connectivity index (χ1) is 7.19. The maximum Gasteiger partial charge on any atom is 0.252 e. The second-order valence-electron chi connectivity index (χ2n) is 3.23. The van der Waals surface area contributed by atoms with Crippen molar-refractivity contribution < 1.29 is 14.6 Å². The Kier molecular flexibility index (Phi) is 4.12. The number of aliphatic hydroxyl groups is 1. The predicted octanol–water partition coefficient (Wildman–Crippen LogP) is 0.719. The molecule has 4 heteroatoms. The van der Waals surface area contributed by atoms with Crippen LogP contribution < -0.4 is 10.5 Å². The van der Waals surface area contributed by atoms with Gasteiger partial charge in [0.15, 0.2) is 0 Å². The number of primary amides is 1. The molecule has 0 aliphatic rings. The quantitative estimate of drug-likeness (QED) is 0.750. The van der Waals surface area contributed by atoms with E-state index in [0.717, 1.165) is 12.0 Å². The van der Waals surface area contributed by atoms with Crippen LogP contribution in [0.2, 0.25) is 0 Å². The number of methoxy groups -OCH3 is 1. The lowest BCUT2D eigenvalue weighted by Crippen LogP contribution is -2.13. The van der Waals surface area contributed by atoms with Crippen molar-refractivity contribution in [2.75, 3.05) is 13.7 Å². The molecule has 1 amide bonds. The number of ether oxygens (including phenoxy) is 1. The summed E-state index contributed by atoms with van der Waals surface area (Å²) in [4.78, 5) is 11.1. The summed E-state index contributed by atoms with van der Waals surface area (Å²) < 4.78 is 5.02. The fourth-order valence-electron chi connectivity index (χ4n) is 1.39. The van der Waals surface area contributed by atoms with Gasteiger partial charge in [-0.3, -0.25) is 4.79 Å². The Morgan fingerprint density at radius 3 is 2.80 bits per heavy atom. The van der Waals surface area contributed by atoms with Gasteiger partial charge in [0.25, 0.3) is 5.91 Å². The lowest BCUT2D eigenvalue weighted by atomic mass is 10.1. The number of carbonyl (C=O) groups is 1. The molecular formula is C11H15NO3. The smallest absolute Gasteiger partial charge is 0.252 e. The van der Waals surface area contributed by atoms with Crippen molar-refractivity contribution in [2.24, 2.45) is 5.73 Å². The number of hydrogen-bond donors (Lipinski definition) is 2. The molecule has 0 unspecified atom stereocenters. The number of hydrogen-bond acceptors (Lipinski definition) is 3. The summed E-state index contributed by atoms with van der Waals surface area (Å²) >= 11 is 0. The molecule has 0 atom stereocenters. The summed E-state index contributed by atoms with van der Waals surface area (Å²) in [6.45, 7) is 0.137. The van der Waals surface area contributed by atoms with Crippen LogP contribution in [-0.4, -0.2) is 24.7 Å². The third-order valence-electron chi connectivity index (χ3n) is 2.15. The highest BCUT2D eigenvalue weighted by atomic mass is 16.5. The first kappa shape index (κ1) is 11.5. The van der Waals surface area contributed by atoms with Gasteiger partial charge in [-0.25, -0.2) is 0 Å². The highest BCUT2D eigenvalue weighted by molar-refractivity contribution is 5.95. The average molecular weight is 209 g/mol. The molecule has 1 aromatic carbocycles. The monoisotopic (exact) mass is 209 g/mol. The number of aliphatic hydroxyl groups excluding tert-OH is 1. The molecule has 3 N–H and O–H groups in total. The molecule has 0 aliphatic heterocycles. The number of amides is 1. The average Bonchev–Trinajstić information content (AvgIpc) is 2.25. The Morgan fingerprint density at radius 1 is 1.53 bits per heavy atom. The van der Waals surface area contributed by atoms with Crippen LogP contribution in [0, 0.1) is 0 Å². The lowest BCUT2D eigenvalue weighted by molar-refractivity contribution is 0.0997. The second-order valence-corrected chi connectivity index (χ2v) is 3.23. The SMILES string of the molecule is COc1ccc(CCCO)cc1C(N)=O. The number of carbonyl (C=O) groups excluding carboxylic acids is 1. The summed E-state index contributed by atoms with van der Waals surface area (Å²) in [6, 6.07) is 5.28. The van der Waals surface area contributed by atoms with Gasteiger partial charge in [0.05, 0.1) is 12.7 Å². The van der Waals surface area contributed by atoms with E-state index in [1.807, 2.05) is 6.07 Å². The van der Waals surface area contributed by atoms with Crippen molar-refractivity contribution in [3.05, 3.63) is 29.3 Å². The topological polar surface area (TPSA) is 72.6 Å². The number of rotatable bonds is 5. The standard InChI is InChI=1S/C11H15NO3/c1-15-10-5-4-8(3-2-6-13)7-9(10)11(12)14/h4-5,7,13H,2-3,6H2,1H3,(H2,12,14). The highest BCUT2D eigenvalue weighted by Gasteiger charge is 2.09. The first-order valence-corrected chi connectivity index (χ1v) is 4.76. The van der Waals surface area contributed by atoms with Crippen LogP contribution in [0.25, 0.3) is 0 Å². The zero-order valence-electron chi connectivity index (χ0n) is 8.69. The van der Waals surface area contributed by atoms with Gasteiger partial charge in [-0.2, -0.15) is 0 Å². The fraction of sp³-hybridized carbons (Fsp3) is 0.364. The normalized spacial score (nSPS) is 10.0. The van der Waals surface area contributed by atoms with Crippen LogP contribution >= 0.6 is 0 Å². The maximum absolute atomic E-state index is 11.1. The summed E-state index contributed by atoms with van der Waals surface area (Å²) in [6.07, 6.45) is 1.39. The van der Waals surface area contributed by atoms with Gasteiger partial charge < -0.3 is 15.6 Å². The number of aryl methyl sites for hydroxylation is 1. The Labute approximate surface area is 88.7 Å². The minimum Gasteiger partial charge on any atom is -0.496 e. The number of nitrogens with two attached hydrogens (primary N) is 1. The molecule has 0 spiro atoms. The van der Waals surface area contributed by atoms with E-state index in [1.54, 1.807) is 12.1 Å². The van der Waals surface area contributed by atoms with Gasteiger partial charge in [-0.15, -0.1) is 0 Å². The molecule has 0 fully saturated rings. The van der Waals surface area contributed by atoms with Gasteiger partial charge in [0.1, 0.15) is 5.75 Å². The van der Waals surface area contributed by atoms with E-state index < -0.39 is 5.91 Å². The Balaban J connectivity index is 2.94. The van der Waals surface area contributed by atoms with E-state index in [1.165, 1.54) is 7.11 Å². The first-order valence-electron chi connectivity index (χ1n) is 4.76. The Hall–Kier alpha value is -1.55. The van der Waals surface area contributed by atoms with Gasteiger partial charge in [-0.1, -0.05) is 6.07 Å². The molecule has 0 bridgehead atoms. The molecule has 15 heavy (non-hydrogen) atoms. The summed E-state index contributed by atoms with van der Waals surface area (Å²) in [5, 5.41) is 8.69. The maximum atomic E-state index is 11.1. The zero-order chi connectivity index (χ0) is 11.3. The molecule has 82 valence electrons. The molecule has 0 saturated carbocycles. The van der Waals surface area contributed by atoms with E-state index >= 15 is 0 Å². The number of benzene rings is 1. The van der Waals surface area contributed by atoms with E-state index in [-0.39, 0.29) is 6.61 Å². The summed E-state index contributed by atoms with van der Waals surface area (Å²) in [7, 11) is 1.50. The third-order valence-corrected chi connectivity index (χ3v) is 2.15. The van der Waals surface area contributed by atoms with Gasteiger partial charge in [0.2, 0.25) is 0 Å². The van der Waals surface area contributed by atoms with Crippen LogP contribution in [0.4, 0.5) is 0 Å². The van der Waals surface area contributed by atoms with E-state index in [2.05, 4.69) is 0 Å². The van der Waals surface area contributed by atoms with Crippen LogP contribution in [0.3, 0.4) is 0 Å². The van der Waals surface area contributed by atoms with Crippen LogP contribution in [0.15, 0.2) is 18.2 Å². The van der Waals surface area contributed by atoms with Crippen molar-refractivity contribution in [3.63, 3.8) is 0 Å². The van der Waals surface area contributed by atoms with Crippen LogP contribution in [-0.2, 0) is 6.42 Å². The molecular weight excluding hydrogens is 194 g/mol. The van der Waals surface area contributed by atoms with E-state index in [4.69, 9.17) is 15.6 Å². The molecule has 1 aromatic rings. The molecule has 0 aliphatic carbocycles. The fourth-order valence-corrected chi connectivity index (χ4v) is 1.39. The van der Waals surface area contributed by atoms with Crippen molar-refractivity contribution in [1.29, 1.82) is 0 Å². The molecule has 0 heterocycles. The van der Waals surface area contributed by atoms with Crippen molar-refractivity contribution >= 4 is 5.91 Å². The second kappa shape index (κ2) is 5.36. The van der Waals surface area contributed by atoms with E-state index in [9.17, 15) is 4.79 Å². The molecule has 0 radical (unpaired) electrons. The van der Waals surface area contributed by atoms with Crippen LogP contribution in [0.1, 0.15) is 22.3 Å². The third kappa shape index (κ3) is 2.95. The predicted molar refractivity (Wildman–Crippen MR) is 56.9 cm³/mol. The van der Waals surface area contributed by atoms with Crippen molar-refractivity contribution in [2.45, 2.75) is 12.8 Å². The van der Waals surface area contributed by atoms with Gasteiger partial charge >= 0.3 is 0 Å². The Bertz CT molecular complexity index is 350. The molecule has 0 aromatic heterocycles. The van der Waals surface area contributed by atoms with E-state index in [0.29, 0.717) is 17.7 Å². The van der Waals surface area contributed by atoms with Crippen molar-refractivity contribution in [1.82, 2.24) is 0 Å². The molecule has 1 rings (SSSR count). The van der Waals surface area contributed by atoms with Crippen molar-refractivity contribution in [3.8, 4) is 5.75 Å². The molecule has 4 nitrogen and oxygen atoms in total. The summed E-state index contributed by atoms with van der Waals surface area (Å²) in [5.41, 5.74) is 6.57. The lowest BCUT2D eigenvalue weighted by Gasteiger charge is -2.07. The molecule has 0 saturated heterocycles. The highest BCUT2D eigenvalue weighted by Crippen LogP contribution is 2.19. The van der Waals surface area contributed by atoms with Gasteiger partial charge in [-0.05, 0) is 30.5 Å². The van der Waals surface area contributed by atoms with Gasteiger partial charge in [0, 0.05) is 6.61 Å². The summed E-state index contributed by atoms with van der Waals surface area (Å²) in [5.74, 6) is -0.0204. The minimum absolute atomic E-state index is 0.137. The Morgan fingerprint density at radius 2 is 2.27 bits per heavy atom. The zero-order valence-corrected chi connectivity index (χ0v) is 8.69. The van der Waals surface area contributed by atoms with Crippen LogP contribution in [0.5, 0.6) is 5.75 Å².